The van der Waals surface area contributed by atoms with Gasteiger partial charge in [-0.15, -0.1) is 0 Å². The average molecular weight is 259 g/mol. The lowest BCUT2D eigenvalue weighted by Gasteiger charge is -2.39. The van der Waals surface area contributed by atoms with Crippen LogP contribution in [0.3, 0.4) is 0 Å². The van der Waals surface area contributed by atoms with E-state index in [1.165, 1.54) is 36.2 Å². The summed E-state index contributed by atoms with van der Waals surface area (Å²) in [5, 5.41) is 0. The minimum absolute atomic E-state index is 0.283. The molecule has 1 aromatic carbocycles. The first-order valence-electron chi connectivity index (χ1n) is 7.54. The van der Waals surface area contributed by atoms with Gasteiger partial charge < -0.3 is 10.6 Å². The molecule has 0 bridgehead atoms. The largest absolute Gasteiger partial charge is 0.374 e. The third-order valence-corrected chi connectivity index (χ3v) is 4.76. The van der Waals surface area contributed by atoms with Crippen LogP contribution < -0.4 is 10.6 Å². The van der Waals surface area contributed by atoms with Crippen molar-refractivity contribution in [2.24, 2.45) is 5.73 Å². The summed E-state index contributed by atoms with van der Waals surface area (Å²) in [6, 6.07) is 7.67. The van der Waals surface area contributed by atoms with Gasteiger partial charge in [0.15, 0.2) is 0 Å². The summed E-state index contributed by atoms with van der Waals surface area (Å²) < 4.78 is 0. The molecule has 0 radical (unpaired) electrons. The summed E-state index contributed by atoms with van der Waals surface area (Å²) in [7, 11) is 2.18. The number of benzene rings is 1. The smallest absolute Gasteiger partial charge is 0.0499 e. The first kappa shape index (κ1) is 12.9. The number of rotatable bonds is 2. The highest BCUT2D eigenvalue weighted by Gasteiger charge is 2.30. The van der Waals surface area contributed by atoms with Crippen molar-refractivity contribution in [3.63, 3.8) is 0 Å². The highest BCUT2D eigenvalue weighted by Crippen LogP contribution is 2.34. The van der Waals surface area contributed by atoms with Crippen LogP contribution in [0.15, 0.2) is 18.2 Å². The van der Waals surface area contributed by atoms with E-state index in [1.54, 1.807) is 0 Å². The molecule has 3 rings (SSSR count). The molecule has 0 spiro atoms. The Morgan fingerprint density at radius 1 is 1.32 bits per heavy atom. The third kappa shape index (κ3) is 2.26. The van der Waals surface area contributed by atoms with Gasteiger partial charge in [-0.2, -0.15) is 0 Å². The van der Waals surface area contributed by atoms with Gasteiger partial charge in [0.2, 0.25) is 0 Å². The summed E-state index contributed by atoms with van der Waals surface area (Å²) in [4.78, 5) is 4.88. The first-order valence-corrected chi connectivity index (χ1v) is 7.54. The molecule has 1 fully saturated rings. The quantitative estimate of drug-likeness (QED) is 0.883. The summed E-state index contributed by atoms with van der Waals surface area (Å²) in [5.41, 5.74) is 10.7. The van der Waals surface area contributed by atoms with Gasteiger partial charge in [0.25, 0.3) is 0 Å². The Morgan fingerprint density at radius 2 is 2.16 bits per heavy atom. The number of likely N-dealkylation sites (N-methyl/N-ethyl adjacent to an activating group) is 2. The minimum Gasteiger partial charge on any atom is -0.374 e. The molecule has 3 heteroatoms. The molecule has 2 aliphatic heterocycles. The zero-order valence-corrected chi connectivity index (χ0v) is 12.1. The van der Waals surface area contributed by atoms with Crippen LogP contribution in [-0.2, 0) is 6.42 Å². The SMILES string of the molecule is CCN1CCCC(N)C1c1ccc2c(c1)CCN2C. The summed E-state index contributed by atoms with van der Waals surface area (Å²) in [6.07, 6.45) is 3.56. The standard InChI is InChI=1S/C16H25N3/c1-3-19-9-4-5-14(17)16(19)13-6-7-15-12(11-13)8-10-18(15)2/h6-7,11,14,16H,3-5,8-10,17H2,1-2H3. The molecule has 0 aromatic heterocycles. The number of nitrogens with two attached hydrogens (primary N) is 1. The lowest BCUT2D eigenvalue weighted by atomic mass is 9.90. The van der Waals surface area contributed by atoms with Crippen LogP contribution in [0.2, 0.25) is 0 Å². The molecule has 104 valence electrons. The van der Waals surface area contributed by atoms with Gasteiger partial charge in [-0.1, -0.05) is 19.1 Å². The summed E-state index contributed by atoms with van der Waals surface area (Å²) in [5.74, 6) is 0. The monoisotopic (exact) mass is 259 g/mol. The topological polar surface area (TPSA) is 32.5 Å². The third-order valence-electron chi connectivity index (χ3n) is 4.76. The molecule has 19 heavy (non-hydrogen) atoms. The molecule has 1 saturated heterocycles. The molecule has 0 amide bonds. The fourth-order valence-electron chi connectivity index (χ4n) is 3.68. The van der Waals surface area contributed by atoms with Crippen LogP contribution >= 0.6 is 0 Å². The van der Waals surface area contributed by atoms with Gasteiger partial charge in [-0.25, -0.2) is 0 Å². The highest BCUT2D eigenvalue weighted by atomic mass is 15.2. The molecule has 2 atom stereocenters. The zero-order valence-electron chi connectivity index (χ0n) is 12.1. The Labute approximate surface area is 116 Å². The molecular formula is C16H25N3. The van der Waals surface area contributed by atoms with Crippen molar-refractivity contribution in [2.75, 3.05) is 31.6 Å². The van der Waals surface area contributed by atoms with Crippen LogP contribution in [0.4, 0.5) is 5.69 Å². The maximum Gasteiger partial charge on any atom is 0.0499 e. The van der Waals surface area contributed by atoms with Gasteiger partial charge in [0.1, 0.15) is 0 Å². The Bertz CT molecular complexity index is 457. The van der Waals surface area contributed by atoms with Crippen molar-refractivity contribution in [3.8, 4) is 0 Å². The molecule has 0 aliphatic carbocycles. The van der Waals surface area contributed by atoms with Gasteiger partial charge >= 0.3 is 0 Å². The van der Waals surface area contributed by atoms with Crippen molar-refractivity contribution >= 4 is 5.69 Å². The van der Waals surface area contributed by atoms with Crippen LogP contribution in [0.5, 0.6) is 0 Å². The summed E-state index contributed by atoms with van der Waals surface area (Å²) in [6.45, 7) is 5.67. The second-order valence-electron chi connectivity index (χ2n) is 5.94. The maximum absolute atomic E-state index is 6.40. The summed E-state index contributed by atoms with van der Waals surface area (Å²) >= 11 is 0. The molecule has 2 aliphatic rings. The zero-order chi connectivity index (χ0) is 13.4. The molecule has 1 aromatic rings. The highest BCUT2D eigenvalue weighted by molar-refractivity contribution is 5.58. The Morgan fingerprint density at radius 3 is 2.95 bits per heavy atom. The fourth-order valence-corrected chi connectivity index (χ4v) is 3.68. The van der Waals surface area contributed by atoms with Crippen molar-refractivity contribution in [2.45, 2.75) is 38.3 Å². The minimum atomic E-state index is 0.283. The van der Waals surface area contributed by atoms with Crippen LogP contribution in [-0.4, -0.2) is 37.6 Å². The van der Waals surface area contributed by atoms with Gasteiger partial charge in [0.05, 0.1) is 0 Å². The van der Waals surface area contributed by atoms with Gasteiger partial charge in [0, 0.05) is 31.4 Å². The second kappa shape index (κ2) is 5.14. The van der Waals surface area contributed by atoms with E-state index in [9.17, 15) is 0 Å². The molecule has 3 nitrogen and oxygen atoms in total. The van der Waals surface area contributed by atoms with E-state index in [-0.39, 0.29) is 6.04 Å². The number of hydrogen-bond acceptors (Lipinski definition) is 3. The fraction of sp³-hybridized carbons (Fsp3) is 0.625. The number of anilines is 1. The Kier molecular flexibility index (Phi) is 3.50. The van der Waals surface area contributed by atoms with E-state index in [0.717, 1.165) is 19.5 Å². The molecule has 0 saturated carbocycles. The van der Waals surface area contributed by atoms with E-state index in [1.807, 2.05) is 0 Å². The lowest BCUT2D eigenvalue weighted by Crippen LogP contribution is -2.45. The molecule has 2 heterocycles. The predicted octanol–water partition coefficient (Wildman–Crippen LogP) is 2.16. The maximum atomic E-state index is 6.40. The van der Waals surface area contributed by atoms with Crippen molar-refractivity contribution in [1.29, 1.82) is 0 Å². The van der Waals surface area contributed by atoms with Crippen molar-refractivity contribution < 1.29 is 0 Å². The van der Waals surface area contributed by atoms with Gasteiger partial charge in [-0.3, -0.25) is 4.90 Å². The number of piperidine rings is 1. The first-order chi connectivity index (χ1) is 9.20. The van der Waals surface area contributed by atoms with E-state index in [2.05, 4.69) is 42.0 Å². The van der Waals surface area contributed by atoms with Crippen molar-refractivity contribution in [1.82, 2.24) is 4.90 Å². The van der Waals surface area contributed by atoms with E-state index >= 15 is 0 Å². The van der Waals surface area contributed by atoms with Crippen molar-refractivity contribution in [3.05, 3.63) is 29.3 Å². The predicted molar refractivity (Wildman–Crippen MR) is 80.6 cm³/mol. The van der Waals surface area contributed by atoms with Crippen LogP contribution in [0, 0.1) is 0 Å². The van der Waals surface area contributed by atoms with Gasteiger partial charge in [-0.05, 0) is 49.5 Å². The number of fused-ring (bicyclic) bond motifs is 1. The van der Waals surface area contributed by atoms with E-state index in [4.69, 9.17) is 5.73 Å². The van der Waals surface area contributed by atoms with Crippen LogP contribution in [0.1, 0.15) is 36.9 Å². The number of hydrogen-bond donors (Lipinski definition) is 1. The number of nitrogens with zero attached hydrogens (tertiary/aromatic N) is 2. The molecule has 2 N–H and O–H groups in total. The Hall–Kier alpha value is -1.06. The number of likely N-dealkylation sites (tertiary alicyclic amines) is 1. The van der Waals surface area contributed by atoms with E-state index < -0.39 is 0 Å². The normalized spacial score (nSPS) is 27.6. The second-order valence-corrected chi connectivity index (χ2v) is 5.94. The molecule has 2 unspecified atom stereocenters. The lowest BCUT2D eigenvalue weighted by molar-refractivity contribution is 0.136. The Balaban J connectivity index is 1.92. The van der Waals surface area contributed by atoms with E-state index in [0.29, 0.717) is 6.04 Å². The van der Waals surface area contributed by atoms with Crippen LogP contribution in [0.25, 0.3) is 0 Å². The average Bonchev–Trinajstić information content (AvgIpc) is 2.79. The molecular weight excluding hydrogens is 234 g/mol.